The minimum atomic E-state index is -1.71. The highest BCUT2D eigenvalue weighted by molar-refractivity contribution is 6.90. The Bertz CT molecular complexity index is 817. The molecule has 0 bridgehead atoms. The topological polar surface area (TPSA) is 0 Å². The maximum atomic E-state index is 6.10. The van der Waals surface area contributed by atoms with E-state index in [4.69, 9.17) is 11.6 Å². The molecule has 142 valence electrons. The Morgan fingerprint density at radius 3 is 2.04 bits per heavy atom. The fourth-order valence-electron chi connectivity index (χ4n) is 5.57. The Morgan fingerprint density at radius 1 is 0.963 bits per heavy atom. The van der Waals surface area contributed by atoms with Gasteiger partial charge in [-0.3, -0.25) is 0 Å². The lowest BCUT2D eigenvalue weighted by Gasteiger charge is -2.37. The molecule has 3 rings (SSSR count). The van der Waals surface area contributed by atoms with E-state index in [0.717, 1.165) is 11.4 Å². The monoisotopic (exact) mass is 394 g/mol. The van der Waals surface area contributed by atoms with Crippen LogP contribution >= 0.6 is 11.6 Å². The van der Waals surface area contributed by atoms with E-state index >= 15 is 0 Å². The molecule has 0 radical (unpaired) electrons. The summed E-state index contributed by atoms with van der Waals surface area (Å²) in [5.74, 6) is 11.4. The zero-order valence-electron chi connectivity index (χ0n) is 17.4. The first-order valence-corrected chi connectivity index (χ1v) is 12.8. The summed E-state index contributed by atoms with van der Waals surface area (Å²) in [7, 11) is -1.71. The van der Waals surface area contributed by atoms with Gasteiger partial charge in [0, 0.05) is 10.9 Å². The van der Waals surface area contributed by atoms with Crippen molar-refractivity contribution >= 4 is 19.7 Å². The number of fused-ring (bicyclic) bond motifs is 1. The summed E-state index contributed by atoms with van der Waals surface area (Å²) in [6.45, 7) is 14.1. The van der Waals surface area contributed by atoms with Crippen molar-refractivity contribution in [3.63, 3.8) is 0 Å². The zero-order chi connectivity index (χ0) is 19.8. The SMILES string of the molecule is CC(C)[Si](C#CC#CC1(c2ccc(Cl)cc2)C2C=CCC21)(C(C)C)C(C)C. The van der Waals surface area contributed by atoms with Gasteiger partial charge in [0.15, 0.2) is 0 Å². The van der Waals surface area contributed by atoms with Crippen molar-refractivity contribution in [1.82, 2.24) is 0 Å². The van der Waals surface area contributed by atoms with E-state index in [2.05, 4.69) is 89.1 Å². The third kappa shape index (κ3) is 3.31. The fraction of sp³-hybridized carbons (Fsp3) is 0.520. The molecular formula is C25H31ClSi. The van der Waals surface area contributed by atoms with Gasteiger partial charge < -0.3 is 0 Å². The summed E-state index contributed by atoms with van der Waals surface area (Å²) in [6, 6.07) is 8.26. The van der Waals surface area contributed by atoms with Gasteiger partial charge in [-0.05, 0) is 58.5 Å². The van der Waals surface area contributed by atoms with Crippen molar-refractivity contribution in [2.75, 3.05) is 0 Å². The Balaban J connectivity index is 1.95. The summed E-state index contributed by atoms with van der Waals surface area (Å²) in [4.78, 5) is 0. The van der Waals surface area contributed by atoms with Crippen molar-refractivity contribution in [2.24, 2.45) is 11.8 Å². The largest absolute Gasteiger partial charge is 0.147 e. The molecule has 2 heteroatoms. The lowest BCUT2D eigenvalue weighted by atomic mass is 9.90. The van der Waals surface area contributed by atoms with Crippen LogP contribution < -0.4 is 0 Å². The van der Waals surface area contributed by atoms with Crippen LogP contribution in [-0.4, -0.2) is 8.07 Å². The smallest absolute Gasteiger partial charge is 0.116 e. The molecule has 27 heavy (non-hydrogen) atoms. The van der Waals surface area contributed by atoms with Crippen LogP contribution in [0.25, 0.3) is 0 Å². The van der Waals surface area contributed by atoms with Gasteiger partial charge in [0.05, 0.1) is 5.41 Å². The highest BCUT2D eigenvalue weighted by Crippen LogP contribution is 2.65. The number of halogens is 1. The Kier molecular flexibility index (Phi) is 5.68. The molecule has 0 nitrogen and oxygen atoms in total. The van der Waals surface area contributed by atoms with Gasteiger partial charge in [0.25, 0.3) is 0 Å². The van der Waals surface area contributed by atoms with Gasteiger partial charge in [-0.2, -0.15) is 0 Å². The average molecular weight is 395 g/mol. The van der Waals surface area contributed by atoms with Crippen molar-refractivity contribution in [3.05, 3.63) is 47.0 Å². The molecule has 1 aromatic rings. The Morgan fingerprint density at radius 2 is 1.56 bits per heavy atom. The molecule has 0 N–H and O–H groups in total. The molecule has 0 amide bonds. The maximum Gasteiger partial charge on any atom is 0.147 e. The molecular weight excluding hydrogens is 364 g/mol. The predicted molar refractivity (Wildman–Crippen MR) is 120 cm³/mol. The highest BCUT2D eigenvalue weighted by Gasteiger charge is 2.64. The number of hydrogen-bond donors (Lipinski definition) is 0. The van der Waals surface area contributed by atoms with Gasteiger partial charge in [0.2, 0.25) is 0 Å². The van der Waals surface area contributed by atoms with E-state index in [0.29, 0.717) is 28.5 Å². The molecule has 0 spiro atoms. The second-order valence-corrected chi connectivity index (χ2v) is 15.1. The first kappa shape index (κ1) is 20.3. The number of allylic oxidation sites excluding steroid dienone is 2. The van der Waals surface area contributed by atoms with Crippen LogP contribution in [0.15, 0.2) is 36.4 Å². The molecule has 1 fully saturated rings. The lowest BCUT2D eigenvalue weighted by Crippen LogP contribution is -2.43. The second-order valence-electron chi connectivity index (χ2n) is 9.07. The second kappa shape index (κ2) is 7.54. The number of benzene rings is 1. The first-order chi connectivity index (χ1) is 12.8. The average Bonchev–Trinajstić information content (AvgIpc) is 2.96. The van der Waals surface area contributed by atoms with Crippen LogP contribution in [0.2, 0.25) is 21.6 Å². The zero-order valence-corrected chi connectivity index (χ0v) is 19.2. The van der Waals surface area contributed by atoms with Gasteiger partial charge in [-0.15, -0.1) is 5.54 Å². The van der Waals surface area contributed by atoms with E-state index < -0.39 is 8.07 Å². The van der Waals surface area contributed by atoms with Crippen molar-refractivity contribution in [1.29, 1.82) is 0 Å². The summed E-state index contributed by atoms with van der Waals surface area (Å²) < 4.78 is 0. The predicted octanol–water partition coefficient (Wildman–Crippen LogP) is 7.01. The minimum absolute atomic E-state index is 0.0499. The van der Waals surface area contributed by atoms with Crippen LogP contribution in [0.1, 0.15) is 53.5 Å². The van der Waals surface area contributed by atoms with Gasteiger partial charge >= 0.3 is 0 Å². The van der Waals surface area contributed by atoms with Crippen LogP contribution in [0.4, 0.5) is 0 Å². The lowest BCUT2D eigenvalue weighted by molar-refractivity contribution is 0.745. The number of hydrogen-bond acceptors (Lipinski definition) is 0. The van der Waals surface area contributed by atoms with Crippen LogP contribution in [-0.2, 0) is 5.41 Å². The maximum absolute atomic E-state index is 6.10. The molecule has 3 atom stereocenters. The molecule has 1 saturated carbocycles. The van der Waals surface area contributed by atoms with Crippen molar-refractivity contribution < 1.29 is 0 Å². The Labute approximate surface area is 171 Å². The third-order valence-electron chi connectivity index (χ3n) is 6.97. The van der Waals surface area contributed by atoms with E-state index in [-0.39, 0.29) is 5.41 Å². The molecule has 0 aromatic heterocycles. The molecule has 3 unspecified atom stereocenters. The molecule has 0 aliphatic heterocycles. The van der Waals surface area contributed by atoms with E-state index in [1.54, 1.807) is 0 Å². The van der Waals surface area contributed by atoms with E-state index in [1.165, 1.54) is 5.56 Å². The molecule has 2 aliphatic rings. The summed E-state index contributed by atoms with van der Waals surface area (Å²) in [5, 5.41) is 0.782. The highest BCUT2D eigenvalue weighted by atomic mass is 35.5. The molecule has 2 aliphatic carbocycles. The quantitative estimate of drug-likeness (QED) is 0.292. The summed E-state index contributed by atoms with van der Waals surface area (Å²) >= 11 is 6.10. The van der Waals surface area contributed by atoms with Crippen LogP contribution in [0.3, 0.4) is 0 Å². The normalized spacial score (nSPS) is 25.9. The van der Waals surface area contributed by atoms with Gasteiger partial charge in [-0.1, -0.05) is 83.3 Å². The van der Waals surface area contributed by atoms with Gasteiger partial charge in [-0.25, -0.2) is 0 Å². The molecule has 0 heterocycles. The summed E-state index contributed by atoms with van der Waals surface area (Å²) in [6.07, 6.45) is 5.76. The minimum Gasteiger partial charge on any atom is -0.116 e. The van der Waals surface area contributed by atoms with E-state index in [1.807, 2.05) is 12.1 Å². The Hall–Kier alpha value is -1.41. The van der Waals surface area contributed by atoms with Crippen molar-refractivity contribution in [2.45, 2.75) is 70.0 Å². The number of rotatable bonds is 4. The van der Waals surface area contributed by atoms with Crippen molar-refractivity contribution in [3.8, 4) is 23.3 Å². The first-order valence-electron chi connectivity index (χ1n) is 10.2. The molecule has 0 saturated heterocycles. The van der Waals surface area contributed by atoms with Crippen LogP contribution in [0, 0.1) is 35.1 Å². The van der Waals surface area contributed by atoms with E-state index in [9.17, 15) is 0 Å². The van der Waals surface area contributed by atoms with Crippen LogP contribution in [0.5, 0.6) is 0 Å². The third-order valence-corrected chi connectivity index (χ3v) is 13.5. The standard InChI is InChI=1S/C25H31ClSi/c1-18(2)27(19(3)4,20(5)6)17-8-7-16-25(23-10-9-11-24(23)25)21-12-14-22(26)15-13-21/h9-10,12-15,18-20,23-24H,11H2,1-6H3. The molecule has 1 aromatic carbocycles. The van der Waals surface area contributed by atoms with Gasteiger partial charge in [0.1, 0.15) is 8.07 Å². The fourth-order valence-corrected chi connectivity index (χ4v) is 10.8. The summed E-state index contributed by atoms with van der Waals surface area (Å²) in [5.41, 5.74) is 6.89.